The van der Waals surface area contributed by atoms with Gasteiger partial charge in [0.25, 0.3) is 0 Å². The molecule has 0 aromatic heterocycles. The number of hydrogen-bond acceptors (Lipinski definition) is 7. The van der Waals surface area contributed by atoms with Gasteiger partial charge in [-0.15, -0.1) is 0 Å². The molecule has 1 unspecified atom stereocenters. The van der Waals surface area contributed by atoms with Gasteiger partial charge in [-0.05, 0) is 25.0 Å². The second-order valence-corrected chi connectivity index (χ2v) is 7.28. The van der Waals surface area contributed by atoms with E-state index in [1.807, 2.05) is 60.7 Å². The molecule has 0 saturated heterocycles. The minimum atomic E-state index is -1.38. The van der Waals surface area contributed by atoms with E-state index in [2.05, 4.69) is 15.7 Å². The van der Waals surface area contributed by atoms with Crippen LogP contribution in [0.25, 0.3) is 0 Å². The van der Waals surface area contributed by atoms with Crippen molar-refractivity contribution >= 4 is 18.0 Å². The summed E-state index contributed by atoms with van der Waals surface area (Å²) in [6.45, 7) is 2.55. The van der Waals surface area contributed by atoms with Crippen molar-refractivity contribution in [2.45, 2.75) is 38.5 Å². The van der Waals surface area contributed by atoms with Gasteiger partial charge in [0.1, 0.15) is 18.2 Å². The van der Waals surface area contributed by atoms with E-state index in [0.717, 1.165) is 11.1 Å². The van der Waals surface area contributed by atoms with Crippen LogP contribution in [0.5, 0.6) is 0 Å². The molecule has 2 rings (SSSR count). The Morgan fingerprint density at radius 1 is 0.968 bits per heavy atom. The van der Waals surface area contributed by atoms with Crippen LogP contribution >= 0.6 is 0 Å². The smallest absolute Gasteiger partial charge is 0.408 e. The van der Waals surface area contributed by atoms with Crippen LogP contribution in [0.1, 0.15) is 25.0 Å². The molecular weight excluding hydrogens is 400 g/mol. The Morgan fingerprint density at radius 2 is 1.55 bits per heavy atom. The molecule has 3 N–H and O–H groups in total. The first-order chi connectivity index (χ1) is 14.8. The standard InChI is InChI=1S/C22H26N4O5/c1-22(2,20(28)31-15-24-23)26-19(27)18(13-16-9-5-3-6-10-16)25-21(29)30-14-17-11-7-4-8-12-17/h3-12,18,23H,13-15H2,1-2H3,(H,25,29)(H,26,27). The van der Waals surface area contributed by atoms with Crippen molar-refractivity contribution in [3.63, 3.8) is 0 Å². The fraction of sp³-hybridized carbons (Fsp3) is 0.318. The molecule has 9 nitrogen and oxygen atoms in total. The van der Waals surface area contributed by atoms with Gasteiger partial charge in [-0.1, -0.05) is 60.7 Å². The zero-order chi connectivity index (χ0) is 22.7. The Labute approximate surface area is 180 Å². The highest BCUT2D eigenvalue weighted by molar-refractivity contribution is 5.91. The predicted molar refractivity (Wildman–Crippen MR) is 112 cm³/mol. The average molecular weight is 426 g/mol. The van der Waals surface area contributed by atoms with Crippen molar-refractivity contribution in [2.75, 3.05) is 6.73 Å². The van der Waals surface area contributed by atoms with Gasteiger partial charge >= 0.3 is 12.1 Å². The molecule has 2 aromatic rings. The zero-order valence-corrected chi connectivity index (χ0v) is 17.5. The zero-order valence-electron chi connectivity index (χ0n) is 17.5. The molecule has 164 valence electrons. The number of amides is 2. The van der Waals surface area contributed by atoms with Crippen LogP contribution < -0.4 is 10.6 Å². The highest BCUT2D eigenvalue weighted by Gasteiger charge is 2.34. The largest absolute Gasteiger partial charge is 0.445 e. The number of benzene rings is 2. The van der Waals surface area contributed by atoms with E-state index < -0.39 is 36.3 Å². The lowest BCUT2D eigenvalue weighted by Gasteiger charge is -2.27. The Balaban J connectivity index is 2.06. The minimum absolute atomic E-state index is 0.0563. The summed E-state index contributed by atoms with van der Waals surface area (Å²) in [6, 6.07) is 17.3. The highest BCUT2D eigenvalue weighted by Crippen LogP contribution is 2.09. The molecule has 0 fully saturated rings. The molecule has 0 heterocycles. The third kappa shape index (κ3) is 7.88. The summed E-state index contributed by atoms with van der Waals surface area (Å²) in [4.78, 5) is 37.4. The number of alkyl carbamates (subject to hydrolysis) is 1. The maximum atomic E-state index is 12.9. The van der Waals surface area contributed by atoms with Crippen LogP contribution in [0.4, 0.5) is 4.79 Å². The van der Waals surface area contributed by atoms with Crippen LogP contribution in [-0.2, 0) is 32.1 Å². The third-order valence-electron chi connectivity index (χ3n) is 4.31. The van der Waals surface area contributed by atoms with Gasteiger partial charge in [0, 0.05) is 6.42 Å². The SMILES string of the molecule is CC(C)(NC(=O)C(Cc1ccccc1)NC(=O)OCc1ccccc1)C(=O)OCN=N. The molecule has 9 heteroatoms. The summed E-state index contributed by atoms with van der Waals surface area (Å²) in [5.74, 6) is -1.33. The van der Waals surface area contributed by atoms with Gasteiger partial charge in [-0.3, -0.25) is 4.79 Å². The second-order valence-electron chi connectivity index (χ2n) is 7.28. The number of carbonyl (C=O) groups excluding carboxylic acids is 3. The molecule has 0 aliphatic carbocycles. The van der Waals surface area contributed by atoms with Crippen LogP contribution in [0.15, 0.2) is 65.8 Å². The van der Waals surface area contributed by atoms with Gasteiger partial charge in [0.05, 0.1) is 0 Å². The van der Waals surface area contributed by atoms with E-state index in [0.29, 0.717) is 0 Å². The Bertz CT molecular complexity index is 887. The van der Waals surface area contributed by atoms with E-state index in [4.69, 9.17) is 15.0 Å². The molecular formula is C22H26N4O5. The van der Waals surface area contributed by atoms with Crippen LogP contribution in [0, 0.1) is 5.53 Å². The molecule has 2 aromatic carbocycles. The molecule has 0 spiro atoms. The quantitative estimate of drug-likeness (QED) is 0.397. The summed E-state index contributed by atoms with van der Waals surface area (Å²) < 4.78 is 10.0. The van der Waals surface area contributed by atoms with E-state index in [1.54, 1.807) is 0 Å². The minimum Gasteiger partial charge on any atom is -0.445 e. The van der Waals surface area contributed by atoms with Gasteiger partial charge in [-0.2, -0.15) is 5.11 Å². The van der Waals surface area contributed by atoms with E-state index >= 15 is 0 Å². The first-order valence-corrected chi connectivity index (χ1v) is 9.65. The summed E-state index contributed by atoms with van der Waals surface area (Å²) in [5.41, 5.74) is 6.96. The molecule has 2 amide bonds. The summed E-state index contributed by atoms with van der Waals surface area (Å²) >= 11 is 0. The first kappa shape index (κ1) is 23.5. The van der Waals surface area contributed by atoms with Crippen molar-refractivity contribution in [3.8, 4) is 0 Å². The second kappa shape index (κ2) is 11.4. The lowest BCUT2D eigenvalue weighted by atomic mass is 10.0. The van der Waals surface area contributed by atoms with Crippen LogP contribution in [0.2, 0.25) is 0 Å². The summed E-state index contributed by atoms with van der Waals surface area (Å²) in [5, 5.41) is 8.11. The molecule has 0 radical (unpaired) electrons. The molecule has 0 bridgehead atoms. The molecule has 0 saturated carbocycles. The fourth-order valence-electron chi connectivity index (χ4n) is 2.68. The van der Waals surface area contributed by atoms with E-state index in [1.165, 1.54) is 13.8 Å². The maximum Gasteiger partial charge on any atom is 0.408 e. The van der Waals surface area contributed by atoms with Crippen molar-refractivity contribution < 1.29 is 23.9 Å². The van der Waals surface area contributed by atoms with Crippen molar-refractivity contribution in [1.82, 2.24) is 10.6 Å². The molecule has 1 atom stereocenters. The molecule has 0 aliphatic rings. The van der Waals surface area contributed by atoms with Gasteiger partial charge in [0.15, 0.2) is 0 Å². The average Bonchev–Trinajstić information content (AvgIpc) is 2.76. The summed E-state index contributed by atoms with van der Waals surface area (Å²) in [6.07, 6.45) is -0.561. The molecule has 0 aliphatic heterocycles. The van der Waals surface area contributed by atoms with E-state index in [9.17, 15) is 14.4 Å². The molecule has 31 heavy (non-hydrogen) atoms. The van der Waals surface area contributed by atoms with E-state index in [-0.39, 0.29) is 13.0 Å². The van der Waals surface area contributed by atoms with Crippen LogP contribution in [-0.4, -0.2) is 36.3 Å². The van der Waals surface area contributed by atoms with Gasteiger partial charge in [0.2, 0.25) is 12.6 Å². The number of ether oxygens (including phenoxy) is 2. The lowest BCUT2D eigenvalue weighted by molar-refractivity contribution is -0.152. The van der Waals surface area contributed by atoms with Gasteiger partial charge < -0.3 is 20.1 Å². The first-order valence-electron chi connectivity index (χ1n) is 9.65. The number of hydrogen-bond donors (Lipinski definition) is 3. The monoisotopic (exact) mass is 426 g/mol. The van der Waals surface area contributed by atoms with Gasteiger partial charge in [-0.25, -0.2) is 15.1 Å². The van der Waals surface area contributed by atoms with Crippen molar-refractivity contribution in [2.24, 2.45) is 5.11 Å². The van der Waals surface area contributed by atoms with Crippen molar-refractivity contribution in [3.05, 3.63) is 71.8 Å². The fourth-order valence-corrected chi connectivity index (χ4v) is 2.68. The Hall–Kier alpha value is -3.75. The topological polar surface area (TPSA) is 130 Å². The number of rotatable bonds is 10. The maximum absolute atomic E-state index is 12.9. The van der Waals surface area contributed by atoms with Crippen molar-refractivity contribution in [1.29, 1.82) is 5.53 Å². The Kier molecular flexibility index (Phi) is 8.68. The normalized spacial score (nSPS) is 11.7. The number of esters is 1. The third-order valence-corrected chi connectivity index (χ3v) is 4.31. The number of carbonyl (C=O) groups is 3. The van der Waals surface area contributed by atoms with Crippen LogP contribution in [0.3, 0.4) is 0 Å². The predicted octanol–water partition coefficient (Wildman–Crippen LogP) is 2.95. The number of nitrogens with zero attached hydrogens (tertiary/aromatic N) is 1. The number of nitrogens with one attached hydrogen (secondary N) is 3. The lowest BCUT2D eigenvalue weighted by Crippen LogP contribution is -2.57. The summed E-state index contributed by atoms with van der Waals surface area (Å²) in [7, 11) is 0. The highest BCUT2D eigenvalue weighted by atomic mass is 16.6. The Morgan fingerprint density at radius 3 is 2.13 bits per heavy atom.